The monoisotopic (exact) mass is 437 g/mol. The molecule has 4 nitrogen and oxygen atoms in total. The second-order valence-corrected chi connectivity index (χ2v) is 7.78. The molecule has 0 fully saturated rings. The van der Waals surface area contributed by atoms with Gasteiger partial charge >= 0.3 is 0 Å². The smallest absolute Gasteiger partial charge is 0.255 e. The third-order valence-electron chi connectivity index (χ3n) is 5.42. The van der Waals surface area contributed by atoms with Gasteiger partial charge in [0.1, 0.15) is 6.61 Å². The van der Waals surface area contributed by atoms with E-state index in [2.05, 4.69) is 41.7 Å². The molecule has 0 aliphatic rings. The van der Waals surface area contributed by atoms with Crippen molar-refractivity contribution in [3.8, 4) is 11.5 Å². The molecule has 1 amide bonds. The van der Waals surface area contributed by atoms with E-state index in [9.17, 15) is 4.79 Å². The minimum Gasteiger partial charge on any atom is -0.493 e. The Morgan fingerprint density at radius 3 is 1.94 bits per heavy atom. The molecule has 0 heterocycles. The summed E-state index contributed by atoms with van der Waals surface area (Å²) in [5, 5.41) is 2.95. The van der Waals surface area contributed by atoms with Gasteiger partial charge in [-0.2, -0.15) is 0 Å². The van der Waals surface area contributed by atoms with Crippen LogP contribution in [0.15, 0.2) is 103 Å². The van der Waals surface area contributed by atoms with Gasteiger partial charge in [-0.15, -0.1) is 0 Å². The van der Waals surface area contributed by atoms with Crippen LogP contribution >= 0.6 is 0 Å². The van der Waals surface area contributed by atoms with Crippen LogP contribution in [0.5, 0.6) is 11.5 Å². The average molecular weight is 438 g/mol. The van der Waals surface area contributed by atoms with Crippen LogP contribution in [0.4, 0.5) is 5.69 Å². The van der Waals surface area contributed by atoms with Gasteiger partial charge in [-0.25, -0.2) is 0 Å². The number of amides is 1. The molecule has 0 radical (unpaired) electrons. The molecular formula is C29H27NO3. The minimum atomic E-state index is -0.194. The zero-order chi connectivity index (χ0) is 22.9. The Labute approximate surface area is 194 Å². The van der Waals surface area contributed by atoms with Crippen molar-refractivity contribution in [1.29, 1.82) is 0 Å². The van der Waals surface area contributed by atoms with Gasteiger partial charge in [-0.1, -0.05) is 72.8 Å². The number of methoxy groups -OCH3 is 1. The topological polar surface area (TPSA) is 47.6 Å². The summed E-state index contributed by atoms with van der Waals surface area (Å²) in [5.41, 5.74) is 4.88. The lowest BCUT2D eigenvalue weighted by Gasteiger charge is -2.13. The molecule has 4 heteroatoms. The summed E-state index contributed by atoms with van der Waals surface area (Å²) in [5.74, 6) is 0.926. The van der Waals surface area contributed by atoms with Crippen LogP contribution in [0.3, 0.4) is 0 Å². The van der Waals surface area contributed by atoms with Crippen molar-refractivity contribution < 1.29 is 14.3 Å². The lowest BCUT2D eigenvalue weighted by Crippen LogP contribution is -2.12. The van der Waals surface area contributed by atoms with E-state index in [0.717, 1.165) is 24.1 Å². The predicted octanol–water partition coefficient (Wildman–Crippen LogP) is 6.31. The first-order chi connectivity index (χ1) is 16.2. The van der Waals surface area contributed by atoms with E-state index in [1.807, 2.05) is 48.5 Å². The quantitative estimate of drug-likeness (QED) is 0.334. The number of aryl methyl sites for hydroxylation is 2. The molecule has 0 unspecified atom stereocenters. The van der Waals surface area contributed by atoms with E-state index in [1.165, 1.54) is 11.1 Å². The average Bonchev–Trinajstić information content (AvgIpc) is 2.88. The highest BCUT2D eigenvalue weighted by molar-refractivity contribution is 6.04. The molecular weight excluding hydrogens is 410 g/mol. The fourth-order valence-corrected chi connectivity index (χ4v) is 3.55. The molecule has 4 aromatic rings. The summed E-state index contributed by atoms with van der Waals surface area (Å²) in [6.45, 7) is 0.430. The Bertz CT molecular complexity index is 1170. The van der Waals surface area contributed by atoms with Crippen LogP contribution in [-0.4, -0.2) is 13.0 Å². The van der Waals surface area contributed by atoms with Gasteiger partial charge in [0.15, 0.2) is 11.5 Å². The summed E-state index contributed by atoms with van der Waals surface area (Å²) in [6, 6.07) is 33.5. The summed E-state index contributed by atoms with van der Waals surface area (Å²) in [4.78, 5) is 12.8. The number of hydrogen-bond donors (Lipinski definition) is 1. The van der Waals surface area contributed by atoms with E-state index in [4.69, 9.17) is 9.47 Å². The van der Waals surface area contributed by atoms with Crippen molar-refractivity contribution in [2.45, 2.75) is 19.4 Å². The lowest BCUT2D eigenvalue weighted by atomic mass is 10.0. The largest absolute Gasteiger partial charge is 0.493 e. The lowest BCUT2D eigenvalue weighted by molar-refractivity contribution is 0.102. The Hall–Kier alpha value is -4.05. The normalized spacial score (nSPS) is 10.5. The third kappa shape index (κ3) is 6.23. The van der Waals surface area contributed by atoms with Crippen LogP contribution in [0.2, 0.25) is 0 Å². The van der Waals surface area contributed by atoms with E-state index in [1.54, 1.807) is 25.3 Å². The molecule has 0 saturated heterocycles. The van der Waals surface area contributed by atoms with Crippen LogP contribution in [0.25, 0.3) is 0 Å². The third-order valence-corrected chi connectivity index (χ3v) is 5.42. The van der Waals surface area contributed by atoms with Crippen LogP contribution < -0.4 is 14.8 Å². The Morgan fingerprint density at radius 2 is 1.30 bits per heavy atom. The first-order valence-corrected chi connectivity index (χ1v) is 11.0. The van der Waals surface area contributed by atoms with Gasteiger partial charge in [-0.05, 0) is 59.9 Å². The van der Waals surface area contributed by atoms with E-state index < -0.39 is 0 Å². The summed E-state index contributed by atoms with van der Waals surface area (Å²) < 4.78 is 11.3. The van der Waals surface area contributed by atoms with Crippen molar-refractivity contribution in [2.75, 3.05) is 12.4 Å². The molecule has 1 N–H and O–H groups in total. The second kappa shape index (κ2) is 11.0. The number of carbonyl (C=O) groups is 1. The van der Waals surface area contributed by atoms with Crippen molar-refractivity contribution in [2.24, 2.45) is 0 Å². The van der Waals surface area contributed by atoms with Crippen LogP contribution in [0, 0.1) is 0 Å². The number of hydrogen-bond acceptors (Lipinski definition) is 3. The molecule has 4 aromatic carbocycles. The highest BCUT2D eigenvalue weighted by Gasteiger charge is 2.12. The SMILES string of the molecule is COc1cc(C(=O)Nc2ccc(CCc3ccccc3)cc2)ccc1OCc1ccccc1. The molecule has 0 aromatic heterocycles. The van der Waals surface area contributed by atoms with Crippen molar-refractivity contribution in [3.63, 3.8) is 0 Å². The Kier molecular flexibility index (Phi) is 7.39. The van der Waals surface area contributed by atoms with Gasteiger partial charge in [0.05, 0.1) is 7.11 Å². The number of carbonyl (C=O) groups excluding carboxylic acids is 1. The minimum absolute atomic E-state index is 0.194. The van der Waals surface area contributed by atoms with Crippen molar-refractivity contribution >= 4 is 11.6 Å². The number of nitrogens with one attached hydrogen (secondary N) is 1. The summed E-state index contributed by atoms with van der Waals surface area (Å²) >= 11 is 0. The molecule has 0 saturated carbocycles. The number of ether oxygens (including phenoxy) is 2. The maximum atomic E-state index is 12.8. The summed E-state index contributed by atoms with van der Waals surface area (Å²) in [7, 11) is 1.57. The molecule has 0 aliphatic heterocycles. The van der Waals surface area contributed by atoms with Crippen LogP contribution in [-0.2, 0) is 19.4 Å². The standard InChI is InChI=1S/C29H27NO3/c1-32-28-20-25(16-19-27(28)33-21-24-10-6-3-7-11-24)29(31)30-26-17-14-23(15-18-26)13-12-22-8-4-2-5-9-22/h2-11,14-20H,12-13,21H2,1H3,(H,30,31). The summed E-state index contributed by atoms with van der Waals surface area (Å²) in [6.07, 6.45) is 1.95. The zero-order valence-corrected chi connectivity index (χ0v) is 18.7. The first kappa shape index (κ1) is 22.2. The molecule has 0 atom stereocenters. The fraction of sp³-hybridized carbons (Fsp3) is 0.138. The number of benzene rings is 4. The van der Waals surface area contributed by atoms with Gasteiger partial charge < -0.3 is 14.8 Å². The maximum absolute atomic E-state index is 12.8. The molecule has 166 valence electrons. The van der Waals surface area contributed by atoms with Crippen molar-refractivity contribution in [3.05, 3.63) is 125 Å². The molecule has 4 rings (SSSR count). The van der Waals surface area contributed by atoms with Gasteiger partial charge in [0, 0.05) is 11.3 Å². The highest BCUT2D eigenvalue weighted by Crippen LogP contribution is 2.29. The number of anilines is 1. The fourth-order valence-electron chi connectivity index (χ4n) is 3.55. The molecule has 33 heavy (non-hydrogen) atoms. The second-order valence-electron chi connectivity index (χ2n) is 7.78. The molecule has 0 bridgehead atoms. The van der Waals surface area contributed by atoms with E-state index >= 15 is 0 Å². The zero-order valence-electron chi connectivity index (χ0n) is 18.7. The van der Waals surface area contributed by atoms with Gasteiger partial charge in [0.2, 0.25) is 0 Å². The molecule has 0 spiro atoms. The van der Waals surface area contributed by atoms with E-state index in [0.29, 0.717) is 23.7 Å². The van der Waals surface area contributed by atoms with Crippen LogP contribution in [0.1, 0.15) is 27.0 Å². The number of rotatable bonds is 9. The Morgan fingerprint density at radius 1 is 0.697 bits per heavy atom. The highest BCUT2D eigenvalue weighted by atomic mass is 16.5. The van der Waals surface area contributed by atoms with E-state index in [-0.39, 0.29) is 5.91 Å². The predicted molar refractivity (Wildman–Crippen MR) is 132 cm³/mol. The van der Waals surface area contributed by atoms with Crippen molar-refractivity contribution in [1.82, 2.24) is 0 Å². The van der Waals surface area contributed by atoms with Gasteiger partial charge in [-0.3, -0.25) is 4.79 Å². The maximum Gasteiger partial charge on any atom is 0.255 e. The molecule has 0 aliphatic carbocycles. The first-order valence-electron chi connectivity index (χ1n) is 11.0. The van der Waals surface area contributed by atoms with Gasteiger partial charge in [0.25, 0.3) is 5.91 Å². The Balaban J connectivity index is 1.35.